The van der Waals surface area contributed by atoms with Crippen molar-refractivity contribution in [2.24, 2.45) is 5.41 Å². The maximum absolute atomic E-state index is 13.7. The van der Waals surface area contributed by atoms with E-state index in [1.54, 1.807) is 0 Å². The molecule has 1 aliphatic heterocycles. The lowest BCUT2D eigenvalue weighted by molar-refractivity contribution is 0.287. The predicted octanol–water partition coefficient (Wildman–Crippen LogP) is 1.16. The van der Waals surface area contributed by atoms with Gasteiger partial charge in [0.05, 0.1) is 0 Å². The number of phenols is 1. The lowest BCUT2D eigenvalue weighted by Crippen LogP contribution is -2.48. The lowest BCUT2D eigenvalue weighted by atomic mass is 9.86. The number of aromatic hydroxyl groups is 1. The summed E-state index contributed by atoms with van der Waals surface area (Å²) < 4.78 is 40.8. The molecule has 0 saturated carbocycles. The number of hydrogen-bond acceptors (Lipinski definition) is 5. The number of hydrazine groups is 1. The van der Waals surface area contributed by atoms with Crippen LogP contribution in [0.4, 0.5) is 10.1 Å². The van der Waals surface area contributed by atoms with Crippen LogP contribution >= 0.6 is 0 Å². The molecule has 6 nitrogen and oxygen atoms in total. The van der Waals surface area contributed by atoms with E-state index in [1.165, 1.54) is 12.1 Å². The smallest absolute Gasteiger partial charge is 0.238 e. The van der Waals surface area contributed by atoms with Crippen molar-refractivity contribution in [3.05, 3.63) is 24.0 Å². The first-order valence-corrected chi connectivity index (χ1v) is 8.15. The third-order valence-corrected chi connectivity index (χ3v) is 5.22. The van der Waals surface area contributed by atoms with Crippen LogP contribution in [0.5, 0.6) is 5.75 Å². The summed E-state index contributed by atoms with van der Waals surface area (Å²) in [5, 5.41) is 8.84. The second kappa shape index (κ2) is 5.43. The van der Waals surface area contributed by atoms with E-state index >= 15 is 0 Å². The molecule has 1 saturated heterocycles. The Bertz CT molecular complexity index is 608. The first-order chi connectivity index (χ1) is 9.63. The van der Waals surface area contributed by atoms with E-state index in [4.69, 9.17) is 0 Å². The standard InChI is InChI=1S/C13H20FN3O3S/c1-13(2,3)12-10(7-15-16-12)21(19,20)17-11-8(14)5-4-6-9(11)18/h4-6,10,12,15-18H,7H2,1-3H3. The summed E-state index contributed by atoms with van der Waals surface area (Å²) >= 11 is 0. The second-order valence-corrected chi connectivity index (χ2v) is 8.09. The van der Waals surface area contributed by atoms with Gasteiger partial charge in [0, 0.05) is 12.6 Å². The molecule has 1 aliphatic rings. The van der Waals surface area contributed by atoms with Gasteiger partial charge in [-0.2, -0.15) is 0 Å². The highest BCUT2D eigenvalue weighted by molar-refractivity contribution is 7.93. The van der Waals surface area contributed by atoms with Gasteiger partial charge in [-0.25, -0.2) is 12.8 Å². The molecule has 1 aromatic carbocycles. The Kier molecular flexibility index (Phi) is 4.14. The Morgan fingerprint density at radius 3 is 2.62 bits per heavy atom. The highest BCUT2D eigenvalue weighted by Crippen LogP contribution is 2.31. The molecular weight excluding hydrogens is 297 g/mol. The second-order valence-electron chi connectivity index (χ2n) is 6.19. The average molecular weight is 317 g/mol. The normalized spacial score (nSPS) is 23.2. The van der Waals surface area contributed by atoms with Gasteiger partial charge in [-0.3, -0.25) is 15.6 Å². The third kappa shape index (κ3) is 3.28. The van der Waals surface area contributed by atoms with E-state index in [9.17, 15) is 17.9 Å². The number of hydrogen-bond donors (Lipinski definition) is 4. The fourth-order valence-corrected chi connectivity index (χ4v) is 4.15. The van der Waals surface area contributed by atoms with E-state index in [2.05, 4.69) is 15.6 Å². The van der Waals surface area contributed by atoms with E-state index in [1.807, 2.05) is 20.8 Å². The van der Waals surface area contributed by atoms with Crippen molar-refractivity contribution in [3.63, 3.8) is 0 Å². The Hall–Kier alpha value is -1.38. The number of para-hydroxylation sites is 1. The summed E-state index contributed by atoms with van der Waals surface area (Å²) in [6.07, 6.45) is 0. The minimum atomic E-state index is -3.87. The van der Waals surface area contributed by atoms with Crippen LogP contribution in [0.2, 0.25) is 0 Å². The zero-order chi connectivity index (χ0) is 15.8. The monoisotopic (exact) mass is 317 g/mol. The van der Waals surface area contributed by atoms with Gasteiger partial charge in [0.2, 0.25) is 10.0 Å². The zero-order valence-electron chi connectivity index (χ0n) is 12.1. The highest BCUT2D eigenvalue weighted by Gasteiger charge is 2.43. The number of nitrogens with one attached hydrogen (secondary N) is 3. The van der Waals surface area contributed by atoms with E-state index in [0.29, 0.717) is 0 Å². The van der Waals surface area contributed by atoms with Gasteiger partial charge >= 0.3 is 0 Å². The van der Waals surface area contributed by atoms with Gasteiger partial charge in [0.1, 0.15) is 16.7 Å². The fraction of sp³-hybridized carbons (Fsp3) is 0.538. The van der Waals surface area contributed by atoms with Crippen molar-refractivity contribution in [1.82, 2.24) is 10.9 Å². The van der Waals surface area contributed by atoms with Gasteiger partial charge in [-0.1, -0.05) is 26.8 Å². The third-order valence-electron chi connectivity index (χ3n) is 3.50. The summed E-state index contributed by atoms with van der Waals surface area (Å²) in [6.45, 7) is 5.95. The van der Waals surface area contributed by atoms with Crippen LogP contribution in [0.25, 0.3) is 0 Å². The molecule has 1 aromatic rings. The summed E-state index contributed by atoms with van der Waals surface area (Å²) in [6, 6.07) is 3.28. The van der Waals surface area contributed by atoms with Crippen LogP contribution in [0.1, 0.15) is 20.8 Å². The molecule has 0 amide bonds. The van der Waals surface area contributed by atoms with Crippen molar-refractivity contribution in [3.8, 4) is 5.75 Å². The van der Waals surface area contributed by atoms with Crippen molar-refractivity contribution < 1.29 is 17.9 Å². The Morgan fingerprint density at radius 2 is 2.05 bits per heavy atom. The molecule has 118 valence electrons. The molecule has 1 heterocycles. The Morgan fingerprint density at radius 1 is 1.38 bits per heavy atom. The first kappa shape index (κ1) is 16.0. The minimum Gasteiger partial charge on any atom is -0.506 e. The summed E-state index contributed by atoms with van der Waals surface area (Å²) in [5.41, 5.74) is 5.04. The molecule has 0 spiro atoms. The Balaban J connectivity index is 2.31. The molecule has 4 N–H and O–H groups in total. The van der Waals surface area contributed by atoms with Crippen molar-refractivity contribution >= 4 is 15.7 Å². The Labute approximate surface area is 123 Å². The largest absolute Gasteiger partial charge is 0.506 e. The fourth-order valence-electron chi connectivity index (χ4n) is 2.38. The molecule has 2 atom stereocenters. The highest BCUT2D eigenvalue weighted by atomic mass is 32.2. The van der Waals surface area contributed by atoms with Crippen LogP contribution in [0, 0.1) is 11.2 Å². The number of anilines is 1. The van der Waals surface area contributed by atoms with Gasteiger partial charge in [-0.15, -0.1) is 0 Å². The average Bonchev–Trinajstić information content (AvgIpc) is 2.84. The van der Waals surface area contributed by atoms with E-state index < -0.39 is 32.5 Å². The number of halogens is 1. The van der Waals surface area contributed by atoms with Crippen molar-refractivity contribution in [2.75, 3.05) is 11.3 Å². The molecule has 0 aromatic heterocycles. The van der Waals surface area contributed by atoms with Crippen molar-refractivity contribution in [2.45, 2.75) is 32.1 Å². The number of phenolic OH excluding ortho intramolecular Hbond substituents is 1. The van der Waals surface area contributed by atoms with Gasteiger partial charge in [0.15, 0.2) is 5.82 Å². The topological polar surface area (TPSA) is 90.5 Å². The van der Waals surface area contributed by atoms with Crippen LogP contribution in [-0.4, -0.2) is 31.4 Å². The summed E-state index contributed by atoms with van der Waals surface area (Å²) in [4.78, 5) is 0. The van der Waals surface area contributed by atoms with E-state index in [0.717, 1.165) is 6.07 Å². The van der Waals surface area contributed by atoms with Crippen LogP contribution in [0.3, 0.4) is 0 Å². The molecular formula is C13H20FN3O3S. The van der Waals surface area contributed by atoms with Crippen LogP contribution in [-0.2, 0) is 10.0 Å². The first-order valence-electron chi connectivity index (χ1n) is 6.60. The number of rotatable bonds is 3. The molecule has 0 bridgehead atoms. The maximum Gasteiger partial charge on any atom is 0.238 e. The van der Waals surface area contributed by atoms with E-state index in [-0.39, 0.29) is 18.0 Å². The van der Waals surface area contributed by atoms with Gasteiger partial charge in [0.25, 0.3) is 0 Å². The maximum atomic E-state index is 13.7. The predicted molar refractivity (Wildman–Crippen MR) is 78.8 cm³/mol. The quantitative estimate of drug-likeness (QED) is 0.628. The van der Waals surface area contributed by atoms with Gasteiger partial charge in [-0.05, 0) is 17.5 Å². The van der Waals surface area contributed by atoms with Crippen LogP contribution in [0.15, 0.2) is 18.2 Å². The molecule has 0 radical (unpaired) electrons. The minimum absolute atomic E-state index is 0.201. The molecule has 0 aliphatic carbocycles. The van der Waals surface area contributed by atoms with Crippen LogP contribution < -0.4 is 15.6 Å². The molecule has 2 unspecified atom stereocenters. The summed E-state index contributed by atoms with van der Waals surface area (Å²) in [7, 11) is -3.87. The zero-order valence-corrected chi connectivity index (χ0v) is 13.0. The lowest BCUT2D eigenvalue weighted by Gasteiger charge is -2.31. The molecule has 2 rings (SSSR count). The van der Waals surface area contributed by atoms with Crippen molar-refractivity contribution in [1.29, 1.82) is 0 Å². The molecule has 8 heteroatoms. The number of sulfonamides is 1. The number of benzene rings is 1. The molecule has 21 heavy (non-hydrogen) atoms. The SMILES string of the molecule is CC(C)(C)C1NNCC1S(=O)(=O)Nc1c(O)cccc1F. The molecule has 1 fully saturated rings. The van der Waals surface area contributed by atoms with Gasteiger partial charge < -0.3 is 5.11 Å². The summed E-state index contributed by atoms with van der Waals surface area (Å²) in [5.74, 6) is -1.26.